The molecule has 2 N–H and O–H groups in total. The van der Waals surface area contributed by atoms with E-state index >= 15 is 0 Å². The highest BCUT2D eigenvalue weighted by Crippen LogP contribution is 2.28. The molecule has 2 rings (SSSR count). The van der Waals surface area contributed by atoms with Crippen LogP contribution >= 0.6 is 0 Å². The van der Waals surface area contributed by atoms with Crippen molar-refractivity contribution in [3.8, 4) is 11.8 Å². The monoisotopic (exact) mass is 353 g/mol. The molecule has 1 heterocycles. The number of benzene rings is 1. The number of carbonyl (C=O) groups is 2. The van der Waals surface area contributed by atoms with Crippen molar-refractivity contribution in [3.05, 3.63) is 58.9 Å². The summed E-state index contributed by atoms with van der Waals surface area (Å²) < 4.78 is 5.18. The molecule has 26 heavy (non-hydrogen) atoms. The lowest BCUT2D eigenvalue weighted by Crippen LogP contribution is -2.45. The van der Waals surface area contributed by atoms with Crippen molar-refractivity contribution in [2.45, 2.75) is 25.8 Å². The molecule has 134 valence electrons. The molecule has 1 amide bonds. The van der Waals surface area contributed by atoms with E-state index in [0.717, 1.165) is 0 Å². The number of hydrogen-bond donors (Lipinski definition) is 2. The number of ether oxygens (including phenoxy) is 1. The molecule has 0 fully saturated rings. The standard InChI is InChI=1S/C19H19N3O4/c1-12-13(11-20)7-8-16(21-12)18(25)22-19(2,10-17(23)24)14-5-4-6-15(9-14)26-3/h4-9H,10H2,1-3H3,(H,22,25)(H,23,24). The van der Waals surface area contributed by atoms with Crippen LogP contribution in [0.25, 0.3) is 0 Å². The Labute approximate surface area is 151 Å². The Kier molecular flexibility index (Phi) is 5.58. The number of carboxylic acids is 1. The maximum atomic E-state index is 12.6. The van der Waals surface area contributed by atoms with Crippen molar-refractivity contribution in [3.63, 3.8) is 0 Å². The Morgan fingerprint density at radius 1 is 1.35 bits per heavy atom. The summed E-state index contributed by atoms with van der Waals surface area (Å²) in [6, 6.07) is 11.8. The zero-order valence-corrected chi connectivity index (χ0v) is 14.7. The van der Waals surface area contributed by atoms with E-state index in [4.69, 9.17) is 10.00 Å². The van der Waals surface area contributed by atoms with Crippen molar-refractivity contribution in [2.75, 3.05) is 7.11 Å². The summed E-state index contributed by atoms with van der Waals surface area (Å²) in [7, 11) is 1.51. The predicted molar refractivity (Wildman–Crippen MR) is 93.8 cm³/mol. The minimum absolute atomic E-state index is 0.112. The number of aliphatic carboxylic acids is 1. The number of rotatable bonds is 6. The van der Waals surface area contributed by atoms with Gasteiger partial charge in [-0.05, 0) is 43.7 Å². The first kappa shape index (κ1) is 18.9. The van der Waals surface area contributed by atoms with Crippen molar-refractivity contribution in [1.29, 1.82) is 5.26 Å². The molecule has 0 spiro atoms. The summed E-state index contributed by atoms with van der Waals surface area (Å²) in [6.07, 6.45) is -0.318. The number of nitrogens with one attached hydrogen (secondary N) is 1. The van der Waals surface area contributed by atoms with Crippen LogP contribution in [0.15, 0.2) is 36.4 Å². The summed E-state index contributed by atoms with van der Waals surface area (Å²) in [5.41, 5.74) is 0.351. The second kappa shape index (κ2) is 7.66. The molecule has 0 bridgehead atoms. The van der Waals surface area contributed by atoms with Gasteiger partial charge in [-0.3, -0.25) is 9.59 Å². The van der Waals surface area contributed by atoms with Crippen LogP contribution < -0.4 is 10.1 Å². The lowest BCUT2D eigenvalue weighted by molar-refractivity contribution is -0.138. The van der Waals surface area contributed by atoms with E-state index < -0.39 is 17.4 Å². The van der Waals surface area contributed by atoms with E-state index in [1.165, 1.54) is 19.2 Å². The Morgan fingerprint density at radius 2 is 2.08 bits per heavy atom. The van der Waals surface area contributed by atoms with Crippen LogP contribution in [0.5, 0.6) is 5.75 Å². The number of aromatic nitrogens is 1. The Hall–Kier alpha value is -3.40. The van der Waals surface area contributed by atoms with Gasteiger partial charge in [-0.2, -0.15) is 5.26 Å². The maximum Gasteiger partial charge on any atom is 0.306 e. The molecular formula is C19H19N3O4. The van der Waals surface area contributed by atoms with Crippen LogP contribution in [0.1, 0.15) is 40.7 Å². The third-order valence-electron chi connectivity index (χ3n) is 4.04. The fourth-order valence-electron chi connectivity index (χ4n) is 2.61. The Morgan fingerprint density at radius 3 is 2.65 bits per heavy atom. The third-order valence-corrected chi connectivity index (χ3v) is 4.04. The van der Waals surface area contributed by atoms with Gasteiger partial charge in [-0.15, -0.1) is 0 Å². The molecule has 0 aliphatic heterocycles. The van der Waals surface area contributed by atoms with Crippen LogP contribution in [0.4, 0.5) is 0 Å². The highest BCUT2D eigenvalue weighted by molar-refractivity contribution is 5.93. The van der Waals surface area contributed by atoms with Crippen LogP contribution in [-0.4, -0.2) is 29.1 Å². The van der Waals surface area contributed by atoms with Crippen LogP contribution in [0.3, 0.4) is 0 Å². The number of carboxylic acid groups (broad SMARTS) is 1. The number of methoxy groups -OCH3 is 1. The number of nitrogens with zero attached hydrogens (tertiary/aromatic N) is 2. The number of nitriles is 1. The van der Waals surface area contributed by atoms with Gasteiger partial charge in [0.15, 0.2) is 0 Å². The first-order valence-corrected chi connectivity index (χ1v) is 7.85. The summed E-state index contributed by atoms with van der Waals surface area (Å²) in [6.45, 7) is 3.26. The topological polar surface area (TPSA) is 112 Å². The Balaban J connectivity index is 2.38. The van der Waals surface area contributed by atoms with Gasteiger partial charge >= 0.3 is 5.97 Å². The van der Waals surface area contributed by atoms with Crippen molar-refractivity contribution in [1.82, 2.24) is 10.3 Å². The quantitative estimate of drug-likeness (QED) is 0.824. The fourth-order valence-corrected chi connectivity index (χ4v) is 2.61. The fraction of sp³-hybridized carbons (Fsp3) is 0.263. The van der Waals surface area contributed by atoms with Gasteiger partial charge in [0.05, 0.1) is 30.3 Å². The van der Waals surface area contributed by atoms with Gasteiger partial charge in [-0.25, -0.2) is 4.98 Å². The van der Waals surface area contributed by atoms with Gasteiger partial charge in [0.25, 0.3) is 5.91 Å². The molecule has 1 unspecified atom stereocenters. The van der Waals surface area contributed by atoms with E-state index in [1.807, 2.05) is 6.07 Å². The van der Waals surface area contributed by atoms with Gasteiger partial charge in [0.2, 0.25) is 0 Å². The molecule has 1 atom stereocenters. The van der Waals surface area contributed by atoms with E-state index in [1.54, 1.807) is 38.1 Å². The molecule has 7 nitrogen and oxygen atoms in total. The predicted octanol–water partition coefficient (Wildman–Crippen LogP) is 2.39. The van der Waals surface area contributed by atoms with Crippen LogP contribution in [0, 0.1) is 18.3 Å². The van der Waals surface area contributed by atoms with E-state index in [9.17, 15) is 14.7 Å². The molecule has 0 saturated carbocycles. The summed E-state index contributed by atoms with van der Waals surface area (Å²) >= 11 is 0. The lowest BCUT2D eigenvalue weighted by atomic mass is 9.88. The molecule has 0 radical (unpaired) electrons. The molecule has 0 aliphatic carbocycles. The highest BCUT2D eigenvalue weighted by atomic mass is 16.5. The first-order chi connectivity index (χ1) is 12.3. The number of amides is 1. The summed E-state index contributed by atoms with van der Waals surface area (Å²) in [5.74, 6) is -1.02. The summed E-state index contributed by atoms with van der Waals surface area (Å²) in [5, 5.41) is 21.0. The zero-order valence-electron chi connectivity index (χ0n) is 14.7. The van der Waals surface area contributed by atoms with Crippen molar-refractivity contribution in [2.24, 2.45) is 0 Å². The third kappa shape index (κ3) is 4.16. The average molecular weight is 353 g/mol. The van der Waals surface area contributed by atoms with Gasteiger partial charge < -0.3 is 15.2 Å². The largest absolute Gasteiger partial charge is 0.497 e. The zero-order chi connectivity index (χ0) is 19.3. The van der Waals surface area contributed by atoms with Gasteiger partial charge in [0, 0.05) is 0 Å². The maximum absolute atomic E-state index is 12.6. The van der Waals surface area contributed by atoms with E-state index in [-0.39, 0.29) is 12.1 Å². The average Bonchev–Trinajstić information content (AvgIpc) is 2.60. The number of carbonyl (C=O) groups excluding carboxylic acids is 1. The van der Waals surface area contributed by atoms with Crippen molar-refractivity contribution < 1.29 is 19.4 Å². The smallest absolute Gasteiger partial charge is 0.306 e. The second-order valence-corrected chi connectivity index (χ2v) is 6.03. The van der Waals surface area contributed by atoms with E-state index in [0.29, 0.717) is 22.6 Å². The molecule has 2 aromatic rings. The molecule has 1 aromatic carbocycles. The Bertz CT molecular complexity index is 889. The minimum atomic E-state index is -1.17. The van der Waals surface area contributed by atoms with Gasteiger partial charge in [0.1, 0.15) is 17.5 Å². The van der Waals surface area contributed by atoms with Crippen LogP contribution in [0.2, 0.25) is 0 Å². The van der Waals surface area contributed by atoms with E-state index in [2.05, 4.69) is 10.3 Å². The number of hydrogen-bond acceptors (Lipinski definition) is 5. The molecule has 0 aliphatic rings. The number of pyridine rings is 1. The normalized spacial score (nSPS) is 12.5. The number of aryl methyl sites for hydroxylation is 1. The van der Waals surface area contributed by atoms with Crippen LogP contribution in [-0.2, 0) is 10.3 Å². The van der Waals surface area contributed by atoms with Crippen molar-refractivity contribution >= 4 is 11.9 Å². The molecule has 0 saturated heterocycles. The molecular weight excluding hydrogens is 334 g/mol. The highest BCUT2D eigenvalue weighted by Gasteiger charge is 2.32. The second-order valence-electron chi connectivity index (χ2n) is 6.03. The van der Waals surface area contributed by atoms with Gasteiger partial charge in [-0.1, -0.05) is 12.1 Å². The first-order valence-electron chi connectivity index (χ1n) is 7.85. The molecule has 1 aromatic heterocycles. The SMILES string of the molecule is COc1cccc(C(C)(CC(=O)O)NC(=O)c2ccc(C#N)c(C)n2)c1. The molecule has 7 heteroatoms. The lowest BCUT2D eigenvalue weighted by Gasteiger charge is -2.30. The minimum Gasteiger partial charge on any atom is -0.497 e. The summed E-state index contributed by atoms with van der Waals surface area (Å²) in [4.78, 5) is 28.1.